The summed E-state index contributed by atoms with van der Waals surface area (Å²) in [7, 11) is 0. The molecule has 0 atom stereocenters. The number of ether oxygens (including phenoxy) is 1. The molecule has 0 aliphatic carbocycles. The van der Waals surface area contributed by atoms with Gasteiger partial charge in [0.1, 0.15) is 18.7 Å². The van der Waals surface area contributed by atoms with Gasteiger partial charge in [0.05, 0.1) is 0 Å². The van der Waals surface area contributed by atoms with Crippen molar-refractivity contribution >= 4 is 24.0 Å². The van der Waals surface area contributed by atoms with Gasteiger partial charge in [-0.3, -0.25) is 14.5 Å². The van der Waals surface area contributed by atoms with Crippen LogP contribution in [-0.2, 0) is 14.3 Å². The van der Waals surface area contributed by atoms with E-state index in [1.54, 1.807) is 20.8 Å². The Morgan fingerprint density at radius 1 is 1.32 bits per heavy atom. The number of carboxylic acid groups (broad SMARTS) is 1. The lowest BCUT2D eigenvalue weighted by atomic mass is 10.2. The highest BCUT2D eigenvalue weighted by atomic mass is 16.6. The first kappa shape index (κ1) is 17.7. The van der Waals surface area contributed by atoms with Gasteiger partial charge < -0.3 is 20.1 Å². The number of hydrogen-bond acceptors (Lipinski definition) is 5. The zero-order valence-corrected chi connectivity index (χ0v) is 12.9. The van der Waals surface area contributed by atoms with E-state index in [-0.39, 0.29) is 19.6 Å². The van der Waals surface area contributed by atoms with Crippen molar-refractivity contribution in [2.45, 2.75) is 32.8 Å². The van der Waals surface area contributed by atoms with Crippen molar-refractivity contribution in [3.05, 3.63) is 0 Å². The number of aliphatic carboxylic acids is 1. The molecule has 0 aromatic heterocycles. The van der Waals surface area contributed by atoms with Crippen molar-refractivity contribution in [3.8, 4) is 0 Å². The molecule has 0 bridgehead atoms. The molecule has 1 heterocycles. The van der Waals surface area contributed by atoms with E-state index in [0.717, 1.165) is 0 Å². The average molecular weight is 315 g/mol. The number of alkyl carbamates (subject to hydrolysis) is 1. The van der Waals surface area contributed by atoms with Gasteiger partial charge >= 0.3 is 18.1 Å². The molecule has 4 amide bonds. The number of imide groups is 1. The molecule has 0 aromatic rings. The van der Waals surface area contributed by atoms with E-state index in [0.29, 0.717) is 11.3 Å². The molecule has 1 aliphatic rings. The molecule has 0 unspecified atom stereocenters. The summed E-state index contributed by atoms with van der Waals surface area (Å²) in [5.74, 6) is -1.78. The molecule has 22 heavy (non-hydrogen) atoms. The van der Waals surface area contributed by atoms with Crippen LogP contribution in [0, 0.1) is 0 Å². The zero-order chi connectivity index (χ0) is 16.9. The number of carbonyl (C=O) groups is 4. The minimum Gasteiger partial charge on any atom is -0.480 e. The predicted molar refractivity (Wildman–Crippen MR) is 75.2 cm³/mol. The molecule has 9 nitrogen and oxygen atoms in total. The maximum absolute atomic E-state index is 11.8. The average Bonchev–Trinajstić information content (AvgIpc) is 2.60. The third kappa shape index (κ3) is 5.58. The highest BCUT2D eigenvalue weighted by molar-refractivity contribution is 6.03. The van der Waals surface area contributed by atoms with Gasteiger partial charge in [0.15, 0.2) is 0 Å². The van der Waals surface area contributed by atoms with Gasteiger partial charge in [0.25, 0.3) is 5.91 Å². The summed E-state index contributed by atoms with van der Waals surface area (Å²) in [6.45, 7) is 5.00. The number of amides is 4. The predicted octanol–water partition coefficient (Wildman–Crippen LogP) is 0.250. The first-order valence-corrected chi connectivity index (χ1v) is 6.88. The fraction of sp³-hybridized carbons (Fsp3) is 0.692. The molecule has 2 N–H and O–H groups in total. The zero-order valence-electron chi connectivity index (χ0n) is 12.9. The summed E-state index contributed by atoms with van der Waals surface area (Å²) in [5.41, 5.74) is -0.585. The van der Waals surface area contributed by atoms with Crippen LogP contribution in [0.4, 0.5) is 9.59 Å². The van der Waals surface area contributed by atoms with E-state index in [9.17, 15) is 19.2 Å². The Kier molecular flexibility index (Phi) is 5.72. The standard InChI is InChI=1S/C13H21N3O6/c1-13(2,3)22-11(20)14-5-4-6-15-7-9(17)16(12(15)21)8-10(18)19/h4-8H2,1-3H3,(H,14,20)(H,18,19). The fourth-order valence-corrected chi connectivity index (χ4v) is 1.83. The van der Waals surface area contributed by atoms with E-state index in [1.807, 2.05) is 0 Å². The van der Waals surface area contributed by atoms with Gasteiger partial charge in [-0.2, -0.15) is 0 Å². The lowest BCUT2D eigenvalue weighted by Gasteiger charge is -2.20. The Morgan fingerprint density at radius 2 is 1.95 bits per heavy atom. The van der Waals surface area contributed by atoms with E-state index in [1.165, 1.54) is 4.90 Å². The monoisotopic (exact) mass is 315 g/mol. The summed E-state index contributed by atoms with van der Waals surface area (Å²) >= 11 is 0. The van der Waals surface area contributed by atoms with Crippen molar-refractivity contribution in [1.29, 1.82) is 0 Å². The first-order chi connectivity index (χ1) is 10.1. The largest absolute Gasteiger partial charge is 0.480 e. The second-order valence-corrected chi connectivity index (χ2v) is 5.86. The Bertz CT molecular complexity index is 471. The molecule has 1 rings (SSSR count). The summed E-state index contributed by atoms with van der Waals surface area (Å²) in [6, 6.07) is -0.621. The van der Waals surface area contributed by atoms with Crippen molar-refractivity contribution in [1.82, 2.24) is 15.1 Å². The van der Waals surface area contributed by atoms with E-state index < -0.39 is 36.1 Å². The number of nitrogens with one attached hydrogen (secondary N) is 1. The van der Waals surface area contributed by atoms with Crippen molar-refractivity contribution in [3.63, 3.8) is 0 Å². The van der Waals surface area contributed by atoms with Gasteiger partial charge in [-0.25, -0.2) is 9.59 Å². The van der Waals surface area contributed by atoms with E-state index in [2.05, 4.69) is 5.32 Å². The SMILES string of the molecule is CC(C)(C)OC(=O)NCCCN1CC(=O)N(CC(=O)O)C1=O. The minimum absolute atomic E-state index is 0.140. The molecule has 1 saturated heterocycles. The number of hydrogen-bond donors (Lipinski definition) is 2. The van der Waals surface area contributed by atoms with E-state index >= 15 is 0 Å². The van der Waals surface area contributed by atoms with Crippen LogP contribution in [0.3, 0.4) is 0 Å². The van der Waals surface area contributed by atoms with Gasteiger partial charge in [-0.05, 0) is 27.2 Å². The van der Waals surface area contributed by atoms with Gasteiger partial charge in [-0.15, -0.1) is 0 Å². The second-order valence-electron chi connectivity index (χ2n) is 5.86. The first-order valence-electron chi connectivity index (χ1n) is 6.88. The third-order valence-electron chi connectivity index (χ3n) is 2.70. The fourth-order valence-electron chi connectivity index (χ4n) is 1.83. The molecule has 0 saturated carbocycles. The van der Waals surface area contributed by atoms with Gasteiger partial charge in [-0.1, -0.05) is 0 Å². The van der Waals surface area contributed by atoms with Crippen LogP contribution >= 0.6 is 0 Å². The maximum Gasteiger partial charge on any atom is 0.407 e. The van der Waals surface area contributed by atoms with Crippen LogP contribution in [0.1, 0.15) is 27.2 Å². The summed E-state index contributed by atoms with van der Waals surface area (Å²) in [4.78, 5) is 47.3. The number of rotatable bonds is 6. The van der Waals surface area contributed by atoms with Crippen molar-refractivity contribution < 1.29 is 29.0 Å². The lowest BCUT2D eigenvalue weighted by Crippen LogP contribution is -2.38. The van der Waals surface area contributed by atoms with Crippen LogP contribution < -0.4 is 5.32 Å². The second kappa shape index (κ2) is 7.10. The van der Waals surface area contributed by atoms with Crippen molar-refractivity contribution in [2.75, 3.05) is 26.2 Å². The van der Waals surface area contributed by atoms with Crippen LogP contribution in [0.15, 0.2) is 0 Å². The summed E-state index contributed by atoms with van der Waals surface area (Å²) in [5, 5.41) is 11.2. The smallest absolute Gasteiger partial charge is 0.407 e. The molecule has 9 heteroatoms. The Balaban J connectivity index is 2.31. The van der Waals surface area contributed by atoms with Gasteiger partial charge in [0.2, 0.25) is 0 Å². The maximum atomic E-state index is 11.8. The molecular formula is C13H21N3O6. The third-order valence-corrected chi connectivity index (χ3v) is 2.70. The molecule has 1 aliphatic heterocycles. The molecule has 0 spiro atoms. The topological polar surface area (TPSA) is 116 Å². The normalized spacial score (nSPS) is 15.2. The quantitative estimate of drug-likeness (QED) is 0.536. The highest BCUT2D eigenvalue weighted by Crippen LogP contribution is 2.10. The summed E-state index contributed by atoms with van der Waals surface area (Å²) in [6.07, 6.45) is -0.122. The molecule has 0 aromatic carbocycles. The summed E-state index contributed by atoms with van der Waals surface area (Å²) < 4.78 is 5.05. The Morgan fingerprint density at radius 3 is 2.50 bits per heavy atom. The lowest BCUT2D eigenvalue weighted by molar-refractivity contribution is -0.141. The Hall–Kier alpha value is -2.32. The van der Waals surface area contributed by atoms with Crippen LogP contribution in [-0.4, -0.2) is 70.7 Å². The van der Waals surface area contributed by atoms with E-state index in [4.69, 9.17) is 9.84 Å². The number of carbonyl (C=O) groups excluding carboxylic acids is 3. The number of carboxylic acids is 1. The van der Waals surface area contributed by atoms with Gasteiger partial charge in [0, 0.05) is 13.1 Å². The molecule has 124 valence electrons. The molecular weight excluding hydrogens is 294 g/mol. The van der Waals surface area contributed by atoms with Crippen LogP contribution in [0.2, 0.25) is 0 Å². The van der Waals surface area contributed by atoms with Crippen LogP contribution in [0.25, 0.3) is 0 Å². The van der Waals surface area contributed by atoms with Crippen LogP contribution in [0.5, 0.6) is 0 Å². The molecule has 0 radical (unpaired) electrons. The molecule has 1 fully saturated rings. The number of urea groups is 1. The minimum atomic E-state index is -1.24. The number of nitrogens with zero attached hydrogens (tertiary/aromatic N) is 2. The Labute approximate surface area is 128 Å². The highest BCUT2D eigenvalue weighted by Gasteiger charge is 2.36. The van der Waals surface area contributed by atoms with Crippen molar-refractivity contribution in [2.24, 2.45) is 0 Å².